The molecule has 6 heteroatoms. The molecule has 1 aliphatic rings. The average Bonchev–Trinajstić information content (AvgIpc) is 2.96. The maximum absolute atomic E-state index is 12.9. The number of aliphatic hydroxyl groups is 1. The Morgan fingerprint density at radius 1 is 1.10 bits per heavy atom. The number of rotatable bonds is 7. The second-order valence-corrected chi connectivity index (χ2v) is 8.10. The number of carbonyl (C=O) groups excluding carboxylic acids is 2. The summed E-state index contributed by atoms with van der Waals surface area (Å²) in [5.74, 6) is -1.42. The van der Waals surface area contributed by atoms with Crippen LogP contribution in [-0.2, 0) is 14.3 Å². The number of ketones is 1. The molecule has 0 unspecified atom stereocenters. The van der Waals surface area contributed by atoms with Gasteiger partial charge in [0.25, 0.3) is 11.7 Å². The third-order valence-corrected chi connectivity index (χ3v) is 5.30. The molecule has 0 spiro atoms. The summed E-state index contributed by atoms with van der Waals surface area (Å²) >= 11 is 3.41. The number of amides is 1. The molecule has 0 saturated carbocycles. The fourth-order valence-electron chi connectivity index (χ4n) is 3.41. The fraction of sp³-hybridized carbons (Fsp3) is 0.304. The van der Waals surface area contributed by atoms with Gasteiger partial charge in [-0.05, 0) is 38.0 Å². The molecule has 3 rings (SSSR count). The van der Waals surface area contributed by atoms with Crippen LogP contribution in [0.15, 0.2) is 64.6 Å². The first-order chi connectivity index (χ1) is 13.9. The fourth-order valence-corrected chi connectivity index (χ4v) is 3.67. The Balaban J connectivity index is 2.00. The number of aliphatic hydroxyl groups excluding tert-OH is 1. The highest BCUT2D eigenvalue weighted by Crippen LogP contribution is 2.39. The third-order valence-electron chi connectivity index (χ3n) is 4.77. The molecule has 1 aliphatic heterocycles. The zero-order chi connectivity index (χ0) is 21.0. The molecule has 29 heavy (non-hydrogen) atoms. The van der Waals surface area contributed by atoms with Gasteiger partial charge in [0.05, 0.1) is 17.7 Å². The number of halogens is 1. The lowest BCUT2D eigenvalue weighted by molar-refractivity contribution is -0.140. The Kier molecular flexibility index (Phi) is 6.87. The molecule has 0 aromatic heterocycles. The lowest BCUT2D eigenvalue weighted by Gasteiger charge is -2.25. The molecule has 152 valence electrons. The summed E-state index contributed by atoms with van der Waals surface area (Å²) in [5, 5.41) is 10.9. The van der Waals surface area contributed by atoms with Crippen molar-refractivity contribution >= 4 is 33.4 Å². The molecule has 1 amide bonds. The Morgan fingerprint density at radius 2 is 1.76 bits per heavy atom. The van der Waals surface area contributed by atoms with Crippen LogP contribution in [0.2, 0.25) is 0 Å². The first-order valence-electron chi connectivity index (χ1n) is 9.61. The van der Waals surface area contributed by atoms with Gasteiger partial charge in [-0.1, -0.05) is 58.4 Å². The number of carbonyl (C=O) groups is 2. The van der Waals surface area contributed by atoms with Crippen molar-refractivity contribution in [2.24, 2.45) is 0 Å². The SMILES string of the molecule is CC(C)OCCCN1C(=O)C(=O)C(=C(O)c2ccccc2)[C@@H]1c1ccc(Br)cc1. The number of hydrogen-bond acceptors (Lipinski definition) is 4. The number of benzene rings is 2. The predicted molar refractivity (Wildman–Crippen MR) is 115 cm³/mol. The van der Waals surface area contributed by atoms with Gasteiger partial charge in [-0.25, -0.2) is 0 Å². The van der Waals surface area contributed by atoms with Crippen LogP contribution in [0.5, 0.6) is 0 Å². The Labute approximate surface area is 179 Å². The van der Waals surface area contributed by atoms with Crippen LogP contribution in [-0.4, -0.2) is 41.0 Å². The molecular formula is C23H24BrNO4. The summed E-state index contributed by atoms with van der Waals surface area (Å²) in [7, 11) is 0. The van der Waals surface area contributed by atoms with Gasteiger partial charge in [-0.2, -0.15) is 0 Å². The van der Waals surface area contributed by atoms with E-state index in [0.29, 0.717) is 25.1 Å². The summed E-state index contributed by atoms with van der Waals surface area (Å²) in [6.45, 7) is 4.76. The zero-order valence-corrected chi connectivity index (χ0v) is 18.1. The van der Waals surface area contributed by atoms with E-state index in [-0.39, 0.29) is 17.4 Å². The van der Waals surface area contributed by atoms with Gasteiger partial charge in [-0.3, -0.25) is 9.59 Å². The monoisotopic (exact) mass is 457 g/mol. The highest BCUT2D eigenvalue weighted by molar-refractivity contribution is 9.10. The Morgan fingerprint density at radius 3 is 2.38 bits per heavy atom. The van der Waals surface area contributed by atoms with Crippen LogP contribution in [0.25, 0.3) is 5.76 Å². The van der Waals surface area contributed by atoms with E-state index in [4.69, 9.17) is 4.74 Å². The number of nitrogens with zero attached hydrogens (tertiary/aromatic N) is 1. The van der Waals surface area contributed by atoms with E-state index in [1.807, 2.05) is 44.2 Å². The lowest BCUT2D eigenvalue weighted by atomic mass is 9.95. The second-order valence-electron chi connectivity index (χ2n) is 7.18. The molecule has 1 saturated heterocycles. The van der Waals surface area contributed by atoms with Crippen molar-refractivity contribution in [3.63, 3.8) is 0 Å². The summed E-state index contributed by atoms with van der Waals surface area (Å²) in [5.41, 5.74) is 1.40. The highest BCUT2D eigenvalue weighted by Gasteiger charge is 2.45. The Bertz CT molecular complexity index is 906. The van der Waals surface area contributed by atoms with Crippen LogP contribution < -0.4 is 0 Å². The summed E-state index contributed by atoms with van der Waals surface area (Å²) in [6, 6.07) is 15.6. The van der Waals surface area contributed by atoms with Crippen molar-refractivity contribution in [1.82, 2.24) is 4.90 Å². The van der Waals surface area contributed by atoms with Gasteiger partial charge in [-0.15, -0.1) is 0 Å². The number of likely N-dealkylation sites (tertiary alicyclic amines) is 1. The maximum Gasteiger partial charge on any atom is 0.295 e. The van der Waals surface area contributed by atoms with E-state index in [2.05, 4.69) is 15.9 Å². The molecule has 5 nitrogen and oxygen atoms in total. The Hall–Kier alpha value is -2.44. The van der Waals surface area contributed by atoms with Crippen LogP contribution in [0, 0.1) is 0 Å². The minimum absolute atomic E-state index is 0.103. The molecule has 2 aromatic carbocycles. The van der Waals surface area contributed by atoms with E-state index >= 15 is 0 Å². The first kappa shape index (κ1) is 21.3. The number of ether oxygens (including phenoxy) is 1. The first-order valence-corrected chi connectivity index (χ1v) is 10.4. The van der Waals surface area contributed by atoms with E-state index in [1.54, 1.807) is 24.3 Å². The van der Waals surface area contributed by atoms with E-state index in [0.717, 1.165) is 10.0 Å². The standard InChI is InChI=1S/C23H24BrNO4/c1-15(2)29-14-6-13-25-20(16-9-11-18(24)12-10-16)19(22(27)23(25)28)21(26)17-7-4-3-5-8-17/h3-5,7-12,15,20,26H,6,13-14H2,1-2H3/t20-/m0/s1. The van der Waals surface area contributed by atoms with Crippen molar-refractivity contribution < 1.29 is 19.4 Å². The van der Waals surface area contributed by atoms with E-state index in [1.165, 1.54) is 4.90 Å². The molecule has 1 heterocycles. The van der Waals surface area contributed by atoms with E-state index < -0.39 is 17.7 Å². The third kappa shape index (κ3) is 4.77. The smallest absolute Gasteiger partial charge is 0.295 e. The molecular weight excluding hydrogens is 434 g/mol. The quantitative estimate of drug-likeness (QED) is 0.283. The normalized spacial score (nSPS) is 18.6. The second kappa shape index (κ2) is 9.37. The van der Waals surface area contributed by atoms with Crippen LogP contribution >= 0.6 is 15.9 Å². The molecule has 0 bridgehead atoms. The highest BCUT2D eigenvalue weighted by atomic mass is 79.9. The molecule has 1 N–H and O–H groups in total. The number of hydrogen-bond donors (Lipinski definition) is 1. The van der Waals surface area contributed by atoms with Crippen molar-refractivity contribution in [1.29, 1.82) is 0 Å². The van der Waals surface area contributed by atoms with Gasteiger partial charge >= 0.3 is 0 Å². The summed E-state index contributed by atoms with van der Waals surface area (Å²) in [6.07, 6.45) is 0.703. The van der Waals surface area contributed by atoms with Gasteiger partial charge < -0.3 is 14.7 Å². The van der Waals surface area contributed by atoms with Crippen LogP contribution in [0.3, 0.4) is 0 Å². The predicted octanol–water partition coefficient (Wildman–Crippen LogP) is 4.69. The van der Waals surface area contributed by atoms with Gasteiger partial charge in [0, 0.05) is 23.2 Å². The van der Waals surface area contributed by atoms with Crippen LogP contribution in [0.1, 0.15) is 37.4 Å². The van der Waals surface area contributed by atoms with E-state index in [9.17, 15) is 14.7 Å². The van der Waals surface area contributed by atoms with Gasteiger partial charge in [0.15, 0.2) is 0 Å². The van der Waals surface area contributed by atoms with Crippen molar-refractivity contribution in [2.45, 2.75) is 32.4 Å². The minimum atomic E-state index is -0.663. The zero-order valence-electron chi connectivity index (χ0n) is 16.5. The molecule has 0 aliphatic carbocycles. The van der Waals surface area contributed by atoms with Gasteiger partial charge in [0.1, 0.15) is 5.76 Å². The maximum atomic E-state index is 12.9. The average molecular weight is 458 g/mol. The number of Topliss-reactive ketones (excluding diaryl/α,β-unsaturated/α-hetero) is 1. The molecule has 2 aromatic rings. The molecule has 0 radical (unpaired) electrons. The molecule has 1 fully saturated rings. The summed E-state index contributed by atoms with van der Waals surface area (Å²) in [4.78, 5) is 27.2. The minimum Gasteiger partial charge on any atom is -0.507 e. The van der Waals surface area contributed by atoms with Crippen molar-refractivity contribution in [2.75, 3.05) is 13.2 Å². The van der Waals surface area contributed by atoms with Crippen LogP contribution in [0.4, 0.5) is 0 Å². The van der Waals surface area contributed by atoms with Crippen molar-refractivity contribution in [3.05, 3.63) is 75.8 Å². The topological polar surface area (TPSA) is 66.8 Å². The summed E-state index contributed by atoms with van der Waals surface area (Å²) < 4.78 is 6.47. The molecule has 1 atom stereocenters. The largest absolute Gasteiger partial charge is 0.507 e. The lowest BCUT2D eigenvalue weighted by Crippen LogP contribution is -2.31. The van der Waals surface area contributed by atoms with Gasteiger partial charge in [0.2, 0.25) is 0 Å². The van der Waals surface area contributed by atoms with Crippen molar-refractivity contribution in [3.8, 4) is 0 Å².